The maximum absolute atomic E-state index is 6.29. The third-order valence-corrected chi connectivity index (χ3v) is 4.39. The molecular weight excluding hydrogens is 274 g/mol. The van der Waals surface area contributed by atoms with Crippen LogP contribution >= 0.6 is 15.9 Å². The van der Waals surface area contributed by atoms with Gasteiger partial charge in [0.15, 0.2) is 0 Å². The average molecular weight is 290 g/mol. The Labute approximate surface area is 110 Å². The summed E-state index contributed by atoms with van der Waals surface area (Å²) in [6.07, 6.45) is 4.77. The molecule has 0 saturated heterocycles. The molecule has 1 aliphatic rings. The lowest BCUT2D eigenvalue weighted by atomic mass is 9.94. The van der Waals surface area contributed by atoms with Crippen molar-refractivity contribution >= 4 is 26.7 Å². The standard InChI is InChI=1S/C15H16BrN/c16-14-9-13-11(6-3-4-8-15(13)17)10-5-1-2-7-12(10)14/h1-2,5,7,9,15H,3-4,6,8,17H2/t15-/m0/s1. The summed E-state index contributed by atoms with van der Waals surface area (Å²) in [6, 6.07) is 11.0. The monoisotopic (exact) mass is 289 g/mol. The molecular formula is C15H16BrN. The largest absolute Gasteiger partial charge is 0.324 e. The van der Waals surface area contributed by atoms with Crippen molar-refractivity contribution in [2.75, 3.05) is 0 Å². The van der Waals surface area contributed by atoms with E-state index < -0.39 is 0 Å². The van der Waals surface area contributed by atoms with E-state index in [0.717, 1.165) is 12.8 Å². The summed E-state index contributed by atoms with van der Waals surface area (Å²) >= 11 is 3.67. The van der Waals surface area contributed by atoms with Crippen LogP contribution in [0.2, 0.25) is 0 Å². The second-order valence-corrected chi connectivity index (χ2v) is 5.68. The van der Waals surface area contributed by atoms with Crippen LogP contribution in [0.25, 0.3) is 10.8 Å². The van der Waals surface area contributed by atoms with Gasteiger partial charge < -0.3 is 5.73 Å². The zero-order valence-corrected chi connectivity index (χ0v) is 11.3. The molecule has 2 aromatic carbocycles. The van der Waals surface area contributed by atoms with Gasteiger partial charge in [0.2, 0.25) is 0 Å². The van der Waals surface area contributed by atoms with E-state index in [0.29, 0.717) is 0 Å². The molecule has 0 amide bonds. The number of nitrogens with two attached hydrogens (primary N) is 1. The highest BCUT2D eigenvalue weighted by Gasteiger charge is 2.18. The molecule has 0 spiro atoms. The van der Waals surface area contributed by atoms with Crippen LogP contribution in [-0.2, 0) is 6.42 Å². The zero-order chi connectivity index (χ0) is 11.8. The molecule has 0 fully saturated rings. The first-order valence-electron chi connectivity index (χ1n) is 6.23. The normalized spacial score (nSPS) is 20.0. The first kappa shape index (κ1) is 11.2. The lowest BCUT2D eigenvalue weighted by Crippen LogP contribution is -2.10. The first-order valence-corrected chi connectivity index (χ1v) is 7.02. The van der Waals surface area contributed by atoms with Crippen LogP contribution in [0.1, 0.15) is 36.4 Å². The fraction of sp³-hybridized carbons (Fsp3) is 0.333. The summed E-state index contributed by atoms with van der Waals surface area (Å²) < 4.78 is 1.17. The number of hydrogen-bond acceptors (Lipinski definition) is 1. The molecule has 0 aliphatic heterocycles. The lowest BCUT2D eigenvalue weighted by Gasteiger charge is -2.16. The fourth-order valence-electron chi connectivity index (χ4n) is 2.84. The van der Waals surface area contributed by atoms with E-state index in [-0.39, 0.29) is 6.04 Å². The molecule has 0 aromatic heterocycles. The molecule has 0 unspecified atom stereocenters. The molecule has 1 nitrogen and oxygen atoms in total. The van der Waals surface area contributed by atoms with Gasteiger partial charge in [0, 0.05) is 10.5 Å². The van der Waals surface area contributed by atoms with Crippen LogP contribution in [-0.4, -0.2) is 0 Å². The summed E-state index contributed by atoms with van der Waals surface area (Å²) in [5, 5.41) is 2.68. The molecule has 0 radical (unpaired) electrons. The third-order valence-electron chi connectivity index (χ3n) is 3.73. The van der Waals surface area contributed by atoms with E-state index in [2.05, 4.69) is 46.3 Å². The van der Waals surface area contributed by atoms with Gasteiger partial charge in [0.05, 0.1) is 0 Å². The topological polar surface area (TPSA) is 26.0 Å². The third kappa shape index (κ3) is 1.90. The minimum Gasteiger partial charge on any atom is -0.324 e. The van der Waals surface area contributed by atoms with Crippen molar-refractivity contribution in [2.45, 2.75) is 31.7 Å². The predicted molar refractivity (Wildman–Crippen MR) is 76.1 cm³/mol. The van der Waals surface area contributed by atoms with Crippen molar-refractivity contribution < 1.29 is 0 Å². The number of fused-ring (bicyclic) bond motifs is 3. The van der Waals surface area contributed by atoms with Gasteiger partial charge in [-0.15, -0.1) is 0 Å². The maximum atomic E-state index is 6.29. The molecule has 2 heteroatoms. The highest BCUT2D eigenvalue weighted by molar-refractivity contribution is 9.10. The van der Waals surface area contributed by atoms with Crippen LogP contribution in [0.3, 0.4) is 0 Å². The minimum atomic E-state index is 0.202. The highest BCUT2D eigenvalue weighted by Crippen LogP contribution is 2.36. The number of hydrogen-bond donors (Lipinski definition) is 1. The number of rotatable bonds is 0. The Hall–Kier alpha value is -0.860. The van der Waals surface area contributed by atoms with Crippen LogP contribution in [0.5, 0.6) is 0 Å². The number of aryl methyl sites for hydroxylation is 1. The van der Waals surface area contributed by atoms with Gasteiger partial charge in [-0.2, -0.15) is 0 Å². The lowest BCUT2D eigenvalue weighted by molar-refractivity contribution is 0.615. The molecule has 0 bridgehead atoms. The predicted octanol–water partition coefficient (Wildman–Crippen LogP) is 4.33. The van der Waals surface area contributed by atoms with Gasteiger partial charge in [-0.05, 0) is 47.2 Å². The summed E-state index contributed by atoms with van der Waals surface area (Å²) in [5.41, 5.74) is 9.09. The molecule has 2 N–H and O–H groups in total. The van der Waals surface area contributed by atoms with Gasteiger partial charge in [-0.1, -0.05) is 46.6 Å². The molecule has 0 heterocycles. The van der Waals surface area contributed by atoms with Gasteiger partial charge in [-0.3, -0.25) is 0 Å². The minimum absolute atomic E-state index is 0.202. The van der Waals surface area contributed by atoms with E-state index in [1.807, 2.05) is 0 Å². The summed E-state index contributed by atoms with van der Waals surface area (Å²) in [7, 11) is 0. The Kier molecular flexibility index (Phi) is 2.93. The van der Waals surface area contributed by atoms with Crippen molar-refractivity contribution in [2.24, 2.45) is 5.73 Å². The van der Waals surface area contributed by atoms with E-state index >= 15 is 0 Å². The summed E-state index contributed by atoms with van der Waals surface area (Å²) in [4.78, 5) is 0. The van der Waals surface area contributed by atoms with Gasteiger partial charge in [0.1, 0.15) is 0 Å². The van der Waals surface area contributed by atoms with E-state index in [4.69, 9.17) is 5.73 Å². The highest BCUT2D eigenvalue weighted by atomic mass is 79.9. The van der Waals surface area contributed by atoms with Crippen LogP contribution in [0, 0.1) is 0 Å². The quantitative estimate of drug-likeness (QED) is 0.718. The van der Waals surface area contributed by atoms with Gasteiger partial charge in [0.25, 0.3) is 0 Å². The Morgan fingerprint density at radius 1 is 1.12 bits per heavy atom. The SMILES string of the molecule is N[C@H]1CCCCc2c1cc(Br)c1ccccc21. The van der Waals surface area contributed by atoms with Crippen LogP contribution < -0.4 is 5.73 Å². The number of halogens is 1. The van der Waals surface area contributed by atoms with Crippen LogP contribution in [0.4, 0.5) is 0 Å². The average Bonchev–Trinajstić information content (AvgIpc) is 2.53. The second kappa shape index (κ2) is 4.43. The van der Waals surface area contributed by atoms with Crippen molar-refractivity contribution in [3.05, 3.63) is 45.9 Å². The molecule has 3 rings (SSSR count). The van der Waals surface area contributed by atoms with E-state index in [1.165, 1.54) is 39.2 Å². The van der Waals surface area contributed by atoms with Crippen molar-refractivity contribution in [1.29, 1.82) is 0 Å². The second-order valence-electron chi connectivity index (χ2n) is 4.82. The Morgan fingerprint density at radius 3 is 2.71 bits per heavy atom. The van der Waals surface area contributed by atoms with Crippen LogP contribution in [0.15, 0.2) is 34.8 Å². The molecule has 1 aliphatic carbocycles. The Balaban J connectivity index is 2.34. The van der Waals surface area contributed by atoms with Crippen molar-refractivity contribution in [3.8, 4) is 0 Å². The van der Waals surface area contributed by atoms with E-state index in [9.17, 15) is 0 Å². The molecule has 2 aromatic rings. The summed E-state index contributed by atoms with van der Waals surface area (Å²) in [5.74, 6) is 0. The Bertz CT molecular complexity index is 562. The maximum Gasteiger partial charge on any atom is 0.0298 e. The van der Waals surface area contributed by atoms with Crippen molar-refractivity contribution in [1.82, 2.24) is 0 Å². The Morgan fingerprint density at radius 2 is 1.88 bits per heavy atom. The smallest absolute Gasteiger partial charge is 0.0298 e. The van der Waals surface area contributed by atoms with Crippen molar-refractivity contribution in [3.63, 3.8) is 0 Å². The molecule has 88 valence electrons. The summed E-state index contributed by atoms with van der Waals surface area (Å²) in [6.45, 7) is 0. The number of benzene rings is 2. The molecule has 17 heavy (non-hydrogen) atoms. The molecule has 0 saturated carbocycles. The molecule has 1 atom stereocenters. The van der Waals surface area contributed by atoms with E-state index in [1.54, 1.807) is 0 Å². The van der Waals surface area contributed by atoms with Gasteiger partial charge >= 0.3 is 0 Å². The van der Waals surface area contributed by atoms with Gasteiger partial charge in [-0.25, -0.2) is 0 Å². The fourth-order valence-corrected chi connectivity index (χ4v) is 3.44. The zero-order valence-electron chi connectivity index (χ0n) is 9.75. The first-order chi connectivity index (χ1) is 8.27.